The number of likely N-dealkylation sites (tertiary alicyclic amines) is 1. The molecule has 1 unspecified atom stereocenters. The van der Waals surface area contributed by atoms with E-state index >= 15 is 4.39 Å². The first kappa shape index (κ1) is 26.9. The van der Waals surface area contributed by atoms with Crippen molar-refractivity contribution >= 4 is 16.9 Å². The lowest BCUT2D eigenvalue weighted by atomic mass is 9.81. The Morgan fingerprint density at radius 1 is 1.19 bits per heavy atom. The number of hydrogen-bond donors (Lipinski definition) is 1. The monoisotopic (exact) mass is 514 g/mol. The first-order valence-corrected chi connectivity index (χ1v) is 12.8. The first-order chi connectivity index (χ1) is 17.9. The summed E-state index contributed by atoms with van der Waals surface area (Å²) in [7, 11) is 1.56. The van der Waals surface area contributed by atoms with Crippen molar-refractivity contribution in [3.8, 4) is 5.75 Å². The van der Waals surface area contributed by atoms with E-state index in [2.05, 4.69) is 9.88 Å². The summed E-state index contributed by atoms with van der Waals surface area (Å²) in [6, 6.07) is 10.9. The number of fused-ring (bicyclic) bond motifs is 1. The molecule has 3 atom stereocenters. The molecule has 2 aromatic carbocycles. The van der Waals surface area contributed by atoms with Gasteiger partial charge in [0.2, 0.25) is 0 Å². The second-order valence-electron chi connectivity index (χ2n) is 9.78. The van der Waals surface area contributed by atoms with Crippen LogP contribution < -0.4 is 4.74 Å². The molecule has 1 fully saturated rings. The van der Waals surface area contributed by atoms with Gasteiger partial charge in [0.25, 0.3) is 0 Å². The Bertz CT molecular complexity index is 1200. The fourth-order valence-electron chi connectivity index (χ4n) is 5.37. The summed E-state index contributed by atoms with van der Waals surface area (Å²) in [6.07, 6.45) is 3.39. The summed E-state index contributed by atoms with van der Waals surface area (Å²) in [5.41, 5.74) is 1.33. The van der Waals surface area contributed by atoms with Crippen LogP contribution in [0.1, 0.15) is 49.4 Å². The minimum Gasteiger partial charge on any atom is -0.497 e. The topological polar surface area (TPSA) is 62.7 Å². The quantitative estimate of drug-likeness (QED) is 0.302. The molecular formula is C29H33F3N2O3. The van der Waals surface area contributed by atoms with Crippen molar-refractivity contribution in [3.05, 3.63) is 71.4 Å². The average molecular weight is 515 g/mol. The number of halogens is 3. The number of pyridine rings is 1. The van der Waals surface area contributed by atoms with Gasteiger partial charge in [0.15, 0.2) is 0 Å². The number of alkyl halides is 1. The number of nitrogens with zero attached hydrogens (tertiary/aromatic N) is 2. The number of carboxylic acid groups (broad SMARTS) is 1. The van der Waals surface area contributed by atoms with Crippen LogP contribution in [0.4, 0.5) is 13.2 Å². The maximum Gasteiger partial charge on any atom is 0.308 e. The molecule has 1 aliphatic rings. The van der Waals surface area contributed by atoms with Gasteiger partial charge in [0.1, 0.15) is 23.6 Å². The number of rotatable bonds is 11. The fraction of sp³-hybridized carbons (Fsp3) is 0.448. The van der Waals surface area contributed by atoms with Crippen molar-refractivity contribution in [2.45, 2.75) is 44.7 Å². The SMILES string of the molecule is COc1ccc2nccc(C(F)CC[C@@H]3CCN(CCCCc4c(F)cccc4F)C[C@@H]3C(=O)O)c2c1. The molecule has 0 bridgehead atoms. The molecule has 0 radical (unpaired) electrons. The van der Waals surface area contributed by atoms with E-state index in [0.717, 1.165) is 13.0 Å². The standard InChI is InChI=1S/C29H33F3N2O3/c1-37-20-9-11-28-23(17-20)21(12-14-33-28)27(32)10-8-19-13-16-34(18-24(19)29(35)36)15-3-2-5-22-25(30)6-4-7-26(22)31/h4,6-7,9,11-12,14,17,19,24,27H,2-3,5,8,10,13,15-16,18H2,1H3,(H,35,36)/t19-,24+,27?/m1/s1. The van der Waals surface area contributed by atoms with E-state index in [4.69, 9.17) is 4.74 Å². The van der Waals surface area contributed by atoms with Crippen molar-refractivity contribution in [2.24, 2.45) is 11.8 Å². The Kier molecular flexibility index (Phi) is 9.03. The number of unbranched alkanes of at least 4 members (excludes halogenated alkanes) is 1. The Morgan fingerprint density at radius 3 is 2.70 bits per heavy atom. The number of hydrogen-bond acceptors (Lipinski definition) is 4. The van der Waals surface area contributed by atoms with Crippen LogP contribution in [0.2, 0.25) is 0 Å². The van der Waals surface area contributed by atoms with Crippen molar-refractivity contribution in [1.29, 1.82) is 0 Å². The summed E-state index contributed by atoms with van der Waals surface area (Å²) >= 11 is 0. The molecule has 5 nitrogen and oxygen atoms in total. The average Bonchev–Trinajstić information content (AvgIpc) is 2.90. The molecule has 198 valence electrons. The number of carboxylic acids is 1. The molecule has 1 aromatic heterocycles. The molecule has 2 heterocycles. The van der Waals surface area contributed by atoms with Gasteiger partial charge >= 0.3 is 5.97 Å². The zero-order chi connectivity index (χ0) is 26.4. The number of benzene rings is 2. The highest BCUT2D eigenvalue weighted by Crippen LogP contribution is 2.35. The third-order valence-corrected chi connectivity index (χ3v) is 7.48. The predicted molar refractivity (Wildman–Crippen MR) is 136 cm³/mol. The summed E-state index contributed by atoms with van der Waals surface area (Å²) < 4.78 is 48.3. The molecule has 1 saturated heterocycles. The van der Waals surface area contributed by atoms with Gasteiger partial charge in [-0.2, -0.15) is 0 Å². The molecule has 3 aromatic rings. The van der Waals surface area contributed by atoms with E-state index in [9.17, 15) is 18.7 Å². The molecule has 8 heteroatoms. The second-order valence-corrected chi connectivity index (χ2v) is 9.78. The Labute approximate surface area is 215 Å². The van der Waals surface area contributed by atoms with Crippen LogP contribution in [-0.4, -0.2) is 47.7 Å². The Morgan fingerprint density at radius 2 is 1.97 bits per heavy atom. The van der Waals surface area contributed by atoms with E-state index in [0.29, 0.717) is 61.0 Å². The van der Waals surface area contributed by atoms with Gasteiger partial charge < -0.3 is 14.7 Å². The molecule has 0 spiro atoms. The minimum atomic E-state index is -1.23. The van der Waals surface area contributed by atoms with Crippen LogP contribution in [0, 0.1) is 23.5 Å². The van der Waals surface area contributed by atoms with Crippen LogP contribution in [0.5, 0.6) is 5.75 Å². The molecule has 0 amide bonds. The van der Waals surface area contributed by atoms with Gasteiger partial charge in [-0.1, -0.05) is 6.07 Å². The normalized spacial score (nSPS) is 19.1. The number of aromatic nitrogens is 1. The van der Waals surface area contributed by atoms with E-state index in [1.165, 1.54) is 18.2 Å². The van der Waals surface area contributed by atoms with Gasteiger partial charge in [-0.05, 0) is 99.5 Å². The third kappa shape index (κ3) is 6.60. The highest BCUT2D eigenvalue weighted by molar-refractivity contribution is 5.83. The van der Waals surface area contributed by atoms with Crippen molar-refractivity contribution in [1.82, 2.24) is 9.88 Å². The molecule has 0 aliphatic carbocycles. The van der Waals surface area contributed by atoms with E-state index in [1.54, 1.807) is 37.6 Å². The van der Waals surface area contributed by atoms with E-state index < -0.39 is 29.7 Å². The van der Waals surface area contributed by atoms with Crippen molar-refractivity contribution in [2.75, 3.05) is 26.7 Å². The number of piperidine rings is 1. The van der Waals surface area contributed by atoms with Gasteiger partial charge in [-0.3, -0.25) is 9.78 Å². The summed E-state index contributed by atoms with van der Waals surface area (Å²) in [4.78, 5) is 18.4. The molecular weight excluding hydrogens is 481 g/mol. The van der Waals surface area contributed by atoms with Gasteiger partial charge in [-0.25, -0.2) is 13.2 Å². The number of aliphatic carboxylic acids is 1. The summed E-state index contributed by atoms with van der Waals surface area (Å²) in [5, 5.41) is 10.6. The highest BCUT2D eigenvalue weighted by atomic mass is 19.1. The number of carbonyl (C=O) groups is 1. The summed E-state index contributed by atoms with van der Waals surface area (Å²) in [6.45, 7) is 1.80. The summed E-state index contributed by atoms with van der Waals surface area (Å²) in [5.74, 6) is -1.97. The zero-order valence-electron chi connectivity index (χ0n) is 21.0. The largest absolute Gasteiger partial charge is 0.497 e. The molecule has 37 heavy (non-hydrogen) atoms. The lowest BCUT2D eigenvalue weighted by molar-refractivity contribution is -0.146. The first-order valence-electron chi connectivity index (χ1n) is 12.8. The number of methoxy groups -OCH3 is 1. The van der Waals surface area contributed by atoms with Gasteiger partial charge in [0.05, 0.1) is 18.5 Å². The zero-order valence-corrected chi connectivity index (χ0v) is 21.0. The highest BCUT2D eigenvalue weighted by Gasteiger charge is 2.34. The molecule has 1 N–H and O–H groups in total. The van der Waals surface area contributed by atoms with Crippen LogP contribution in [-0.2, 0) is 11.2 Å². The second kappa shape index (κ2) is 12.4. The van der Waals surface area contributed by atoms with Crippen molar-refractivity contribution < 1.29 is 27.8 Å². The Balaban J connectivity index is 1.30. The predicted octanol–water partition coefficient (Wildman–Crippen LogP) is 6.36. The fourth-order valence-corrected chi connectivity index (χ4v) is 5.37. The number of ether oxygens (including phenoxy) is 1. The molecule has 1 aliphatic heterocycles. The molecule has 4 rings (SSSR count). The van der Waals surface area contributed by atoms with Crippen LogP contribution in [0.15, 0.2) is 48.7 Å². The molecule has 0 saturated carbocycles. The van der Waals surface area contributed by atoms with Gasteiger partial charge in [0, 0.05) is 23.7 Å². The van der Waals surface area contributed by atoms with Gasteiger partial charge in [-0.15, -0.1) is 0 Å². The van der Waals surface area contributed by atoms with Crippen molar-refractivity contribution in [3.63, 3.8) is 0 Å². The lowest BCUT2D eigenvalue weighted by Crippen LogP contribution is -2.44. The smallest absolute Gasteiger partial charge is 0.308 e. The van der Waals surface area contributed by atoms with Crippen LogP contribution in [0.25, 0.3) is 10.9 Å². The maximum atomic E-state index is 15.4. The van der Waals surface area contributed by atoms with Crippen LogP contribution in [0.3, 0.4) is 0 Å². The third-order valence-electron chi connectivity index (χ3n) is 7.48. The Hall–Kier alpha value is -3.13. The van der Waals surface area contributed by atoms with E-state index in [-0.39, 0.29) is 17.9 Å². The minimum absolute atomic E-state index is 0.103. The van der Waals surface area contributed by atoms with E-state index in [1.807, 2.05) is 0 Å². The van der Waals surface area contributed by atoms with Crippen LogP contribution >= 0.6 is 0 Å². The lowest BCUT2D eigenvalue weighted by Gasteiger charge is -2.37. The maximum absolute atomic E-state index is 15.4.